The van der Waals surface area contributed by atoms with Crippen molar-refractivity contribution in [3.8, 4) is 11.5 Å². The Labute approximate surface area is 136 Å². The van der Waals surface area contributed by atoms with Crippen LogP contribution in [-0.2, 0) is 6.42 Å². The van der Waals surface area contributed by atoms with Crippen molar-refractivity contribution in [1.82, 2.24) is 0 Å². The second-order valence-corrected chi connectivity index (χ2v) is 5.78. The first-order valence-corrected chi connectivity index (χ1v) is 7.69. The minimum absolute atomic E-state index is 0.0337. The third-order valence-electron chi connectivity index (χ3n) is 3.20. The summed E-state index contributed by atoms with van der Waals surface area (Å²) >= 11 is 0. The van der Waals surface area contributed by atoms with Gasteiger partial charge in [0.1, 0.15) is 11.5 Å². The number of carboxylic acid groups (broad SMARTS) is 1. The van der Waals surface area contributed by atoms with Gasteiger partial charge in [-0.05, 0) is 38.5 Å². The van der Waals surface area contributed by atoms with Crippen molar-refractivity contribution < 1.29 is 19.4 Å². The van der Waals surface area contributed by atoms with E-state index in [1.165, 1.54) is 17.7 Å². The molecule has 4 nitrogen and oxygen atoms in total. The van der Waals surface area contributed by atoms with E-state index >= 15 is 0 Å². The van der Waals surface area contributed by atoms with Crippen LogP contribution in [0.15, 0.2) is 48.5 Å². The molecule has 1 N–H and O–H groups in total. The highest BCUT2D eigenvalue weighted by Gasteiger charge is 2.12. The molecule has 0 bridgehead atoms. The Hall–Kier alpha value is -2.49. The number of aromatic carboxylic acids is 1. The average molecular weight is 314 g/mol. The Bertz CT molecular complexity index is 650. The summed E-state index contributed by atoms with van der Waals surface area (Å²) in [7, 11) is 0. The molecule has 2 aromatic rings. The molecule has 23 heavy (non-hydrogen) atoms. The summed E-state index contributed by atoms with van der Waals surface area (Å²) in [6, 6.07) is 14.8. The first-order valence-electron chi connectivity index (χ1n) is 7.69. The molecular formula is C19H22O4. The largest absolute Gasteiger partial charge is 0.491 e. The molecule has 0 amide bonds. The van der Waals surface area contributed by atoms with Gasteiger partial charge in [-0.1, -0.05) is 30.3 Å². The van der Waals surface area contributed by atoms with Crippen molar-refractivity contribution in [1.29, 1.82) is 0 Å². The van der Waals surface area contributed by atoms with Crippen LogP contribution in [0.3, 0.4) is 0 Å². The molecule has 0 saturated heterocycles. The van der Waals surface area contributed by atoms with Crippen molar-refractivity contribution in [3.63, 3.8) is 0 Å². The van der Waals surface area contributed by atoms with Crippen LogP contribution in [0.4, 0.5) is 0 Å². The number of carboxylic acids is 1. The summed E-state index contributed by atoms with van der Waals surface area (Å²) in [5.74, 6) is 0.00515. The van der Waals surface area contributed by atoms with E-state index in [1.54, 1.807) is 6.07 Å². The number of carbonyl (C=O) groups is 1. The van der Waals surface area contributed by atoms with Gasteiger partial charge in [-0.2, -0.15) is 0 Å². The second kappa shape index (κ2) is 7.68. The molecule has 4 heteroatoms. The maximum Gasteiger partial charge on any atom is 0.335 e. The van der Waals surface area contributed by atoms with E-state index in [0.717, 1.165) is 6.42 Å². The zero-order valence-corrected chi connectivity index (χ0v) is 13.7. The van der Waals surface area contributed by atoms with Gasteiger partial charge in [0.05, 0.1) is 17.8 Å². The minimum atomic E-state index is -1.00. The van der Waals surface area contributed by atoms with Crippen molar-refractivity contribution >= 4 is 5.97 Å². The van der Waals surface area contributed by atoms with Gasteiger partial charge in [-0.3, -0.25) is 0 Å². The third kappa shape index (κ3) is 5.33. The lowest BCUT2D eigenvalue weighted by Crippen LogP contribution is -2.15. The van der Waals surface area contributed by atoms with Crippen LogP contribution >= 0.6 is 0 Å². The van der Waals surface area contributed by atoms with Crippen LogP contribution < -0.4 is 9.47 Å². The molecule has 0 fully saturated rings. The SMILES string of the molecule is CC(C)Oc1cc(OC(C)Cc2ccccc2)cc(C(=O)O)c1. The molecular weight excluding hydrogens is 292 g/mol. The smallest absolute Gasteiger partial charge is 0.335 e. The lowest BCUT2D eigenvalue weighted by molar-refractivity contribution is 0.0695. The summed E-state index contributed by atoms with van der Waals surface area (Å²) in [6.45, 7) is 5.75. The molecule has 0 heterocycles. The first kappa shape index (κ1) is 16.9. The maximum atomic E-state index is 11.3. The molecule has 0 saturated carbocycles. The molecule has 0 radical (unpaired) electrons. The predicted octanol–water partition coefficient (Wildman–Crippen LogP) is 4.18. The van der Waals surface area contributed by atoms with Gasteiger partial charge in [0.2, 0.25) is 0 Å². The molecule has 1 unspecified atom stereocenters. The maximum absolute atomic E-state index is 11.3. The van der Waals surface area contributed by atoms with Crippen molar-refractivity contribution in [2.75, 3.05) is 0 Å². The zero-order valence-electron chi connectivity index (χ0n) is 13.7. The first-order chi connectivity index (χ1) is 10.9. The third-order valence-corrected chi connectivity index (χ3v) is 3.20. The van der Waals surface area contributed by atoms with Crippen LogP contribution in [0.1, 0.15) is 36.7 Å². The molecule has 0 aromatic heterocycles. The second-order valence-electron chi connectivity index (χ2n) is 5.78. The van der Waals surface area contributed by atoms with Crippen LogP contribution in [0.25, 0.3) is 0 Å². The van der Waals surface area contributed by atoms with Gasteiger partial charge < -0.3 is 14.6 Å². The quantitative estimate of drug-likeness (QED) is 0.833. The molecule has 1 atom stereocenters. The fourth-order valence-electron chi connectivity index (χ4n) is 2.32. The molecule has 0 aliphatic heterocycles. The van der Waals surface area contributed by atoms with E-state index in [0.29, 0.717) is 11.5 Å². The lowest BCUT2D eigenvalue weighted by Gasteiger charge is -2.17. The van der Waals surface area contributed by atoms with Crippen LogP contribution in [0.5, 0.6) is 11.5 Å². The van der Waals surface area contributed by atoms with Crippen LogP contribution in [0, 0.1) is 0 Å². The monoisotopic (exact) mass is 314 g/mol. The van der Waals surface area contributed by atoms with E-state index in [4.69, 9.17) is 9.47 Å². The highest BCUT2D eigenvalue weighted by atomic mass is 16.5. The Balaban J connectivity index is 2.14. The number of rotatable bonds is 7. The van der Waals surface area contributed by atoms with Gasteiger partial charge >= 0.3 is 5.97 Å². The fourth-order valence-corrected chi connectivity index (χ4v) is 2.32. The standard InChI is InChI=1S/C19H22O4/c1-13(2)22-17-10-16(19(20)21)11-18(12-17)23-14(3)9-15-7-5-4-6-8-15/h4-8,10-14H,9H2,1-3H3,(H,20,21). The van der Waals surface area contributed by atoms with E-state index < -0.39 is 5.97 Å². The number of hydrogen-bond acceptors (Lipinski definition) is 3. The van der Waals surface area contributed by atoms with E-state index in [-0.39, 0.29) is 17.8 Å². The van der Waals surface area contributed by atoms with Gasteiger partial charge in [-0.15, -0.1) is 0 Å². The van der Waals surface area contributed by atoms with E-state index in [1.807, 2.05) is 51.1 Å². The Kier molecular flexibility index (Phi) is 5.63. The highest BCUT2D eigenvalue weighted by Crippen LogP contribution is 2.25. The van der Waals surface area contributed by atoms with Crippen LogP contribution in [0.2, 0.25) is 0 Å². The van der Waals surface area contributed by atoms with Gasteiger partial charge in [0, 0.05) is 12.5 Å². The Morgan fingerprint density at radius 1 is 1.00 bits per heavy atom. The van der Waals surface area contributed by atoms with Gasteiger partial charge in [-0.25, -0.2) is 4.79 Å². The molecule has 122 valence electrons. The molecule has 0 aliphatic carbocycles. The molecule has 2 aromatic carbocycles. The molecule has 0 spiro atoms. The van der Waals surface area contributed by atoms with Gasteiger partial charge in [0.25, 0.3) is 0 Å². The van der Waals surface area contributed by atoms with E-state index in [9.17, 15) is 9.90 Å². The number of benzene rings is 2. The van der Waals surface area contributed by atoms with Crippen molar-refractivity contribution in [2.45, 2.75) is 39.4 Å². The minimum Gasteiger partial charge on any atom is -0.491 e. The van der Waals surface area contributed by atoms with Gasteiger partial charge in [0.15, 0.2) is 0 Å². The molecule has 2 rings (SSSR count). The zero-order chi connectivity index (χ0) is 16.8. The Morgan fingerprint density at radius 2 is 1.61 bits per heavy atom. The average Bonchev–Trinajstić information content (AvgIpc) is 2.47. The summed E-state index contributed by atoms with van der Waals surface area (Å²) in [4.78, 5) is 11.3. The molecule has 0 aliphatic rings. The van der Waals surface area contributed by atoms with E-state index in [2.05, 4.69) is 0 Å². The van der Waals surface area contributed by atoms with Crippen LogP contribution in [-0.4, -0.2) is 23.3 Å². The lowest BCUT2D eigenvalue weighted by atomic mass is 10.1. The predicted molar refractivity (Wildman–Crippen MR) is 89.4 cm³/mol. The Morgan fingerprint density at radius 3 is 2.17 bits per heavy atom. The summed E-state index contributed by atoms with van der Waals surface area (Å²) in [5, 5.41) is 9.23. The number of ether oxygens (including phenoxy) is 2. The highest BCUT2D eigenvalue weighted by molar-refractivity contribution is 5.88. The van der Waals surface area contributed by atoms with Crippen molar-refractivity contribution in [2.24, 2.45) is 0 Å². The summed E-state index contributed by atoms with van der Waals surface area (Å²) < 4.78 is 11.5. The normalized spacial score (nSPS) is 12.0. The topological polar surface area (TPSA) is 55.8 Å². The summed E-state index contributed by atoms with van der Waals surface area (Å²) in [5.41, 5.74) is 1.33. The fraction of sp³-hybridized carbons (Fsp3) is 0.316. The number of hydrogen-bond donors (Lipinski definition) is 1. The van der Waals surface area contributed by atoms with Crippen molar-refractivity contribution in [3.05, 3.63) is 59.7 Å². The summed E-state index contributed by atoms with van der Waals surface area (Å²) in [6.07, 6.45) is 0.639.